The molecule has 0 aliphatic heterocycles. The molecular weight excluding hydrogens is 340 g/mol. The van der Waals surface area contributed by atoms with E-state index in [0.29, 0.717) is 23.9 Å². The number of anilines is 1. The lowest BCUT2D eigenvalue weighted by Crippen LogP contribution is -2.18. The molecule has 0 spiro atoms. The molecule has 0 atom stereocenters. The minimum absolute atomic E-state index is 0.132. The topological polar surface area (TPSA) is 73.0 Å². The van der Waals surface area contributed by atoms with Crippen molar-refractivity contribution in [3.05, 3.63) is 90.4 Å². The molecule has 0 saturated carbocycles. The second-order valence-electron chi connectivity index (χ2n) is 6.09. The molecule has 0 fully saturated rings. The van der Waals surface area contributed by atoms with Crippen LogP contribution in [0.4, 0.5) is 5.82 Å². The number of carbonyl (C=O) groups excluding carboxylic acids is 1. The Bertz CT molecular complexity index is 1020. The quantitative estimate of drug-likeness (QED) is 0.569. The molecule has 0 saturated heterocycles. The summed E-state index contributed by atoms with van der Waals surface area (Å²) in [5.41, 5.74) is 2.58. The second-order valence-corrected chi connectivity index (χ2v) is 6.09. The molecule has 134 valence electrons. The fourth-order valence-corrected chi connectivity index (χ4v) is 2.77. The summed E-state index contributed by atoms with van der Waals surface area (Å²) < 4.78 is 7.24. The third-order valence-corrected chi connectivity index (χ3v) is 4.07. The molecule has 4 rings (SSSR count). The standard InChI is InChI=1S/C21H18N4O2/c26-20(13-18-15-27-21(23-18)17-9-5-2-6-10-17)24-19-11-12-22-25(19)14-16-7-3-1-4-8-16/h1-12,15H,13-14H2,(H,24,26). The van der Waals surface area contributed by atoms with Crippen molar-refractivity contribution < 1.29 is 9.21 Å². The molecular formula is C21H18N4O2. The number of oxazole rings is 1. The summed E-state index contributed by atoms with van der Waals surface area (Å²) in [6.45, 7) is 0.589. The zero-order valence-corrected chi connectivity index (χ0v) is 14.6. The van der Waals surface area contributed by atoms with Gasteiger partial charge in [0.1, 0.15) is 12.1 Å². The van der Waals surface area contributed by atoms with Gasteiger partial charge in [-0.1, -0.05) is 48.5 Å². The van der Waals surface area contributed by atoms with Gasteiger partial charge in [0.05, 0.1) is 24.9 Å². The highest BCUT2D eigenvalue weighted by molar-refractivity contribution is 5.91. The van der Waals surface area contributed by atoms with E-state index >= 15 is 0 Å². The highest BCUT2D eigenvalue weighted by Crippen LogP contribution is 2.18. The first kappa shape index (κ1) is 16.8. The van der Waals surface area contributed by atoms with Crippen molar-refractivity contribution in [1.82, 2.24) is 14.8 Å². The van der Waals surface area contributed by atoms with Crippen LogP contribution in [0.5, 0.6) is 0 Å². The summed E-state index contributed by atoms with van der Waals surface area (Å²) in [5.74, 6) is 0.987. The highest BCUT2D eigenvalue weighted by Gasteiger charge is 2.12. The first-order chi connectivity index (χ1) is 13.3. The lowest BCUT2D eigenvalue weighted by atomic mass is 10.2. The summed E-state index contributed by atoms with van der Waals surface area (Å²) in [7, 11) is 0. The Balaban J connectivity index is 1.41. The van der Waals surface area contributed by atoms with Gasteiger partial charge in [0.2, 0.25) is 11.8 Å². The van der Waals surface area contributed by atoms with Crippen LogP contribution in [0.1, 0.15) is 11.3 Å². The molecule has 4 aromatic rings. The lowest BCUT2D eigenvalue weighted by Gasteiger charge is -2.08. The van der Waals surface area contributed by atoms with Crippen molar-refractivity contribution in [2.45, 2.75) is 13.0 Å². The van der Waals surface area contributed by atoms with Crippen molar-refractivity contribution in [2.24, 2.45) is 0 Å². The molecule has 0 radical (unpaired) electrons. The number of benzene rings is 2. The molecule has 27 heavy (non-hydrogen) atoms. The maximum absolute atomic E-state index is 12.4. The number of aromatic nitrogens is 3. The number of carbonyl (C=O) groups is 1. The Hall–Kier alpha value is -3.67. The Morgan fingerprint density at radius 2 is 1.74 bits per heavy atom. The Labute approximate surface area is 156 Å². The number of hydrogen-bond acceptors (Lipinski definition) is 4. The Morgan fingerprint density at radius 3 is 2.52 bits per heavy atom. The molecule has 6 nitrogen and oxygen atoms in total. The van der Waals surface area contributed by atoms with E-state index in [9.17, 15) is 4.79 Å². The van der Waals surface area contributed by atoms with E-state index in [2.05, 4.69) is 15.4 Å². The summed E-state index contributed by atoms with van der Waals surface area (Å²) in [6.07, 6.45) is 3.32. The predicted octanol–water partition coefficient (Wildman–Crippen LogP) is 3.77. The average Bonchev–Trinajstić information content (AvgIpc) is 3.33. The monoisotopic (exact) mass is 358 g/mol. The first-order valence-electron chi connectivity index (χ1n) is 8.63. The van der Waals surface area contributed by atoms with E-state index < -0.39 is 0 Å². The van der Waals surface area contributed by atoms with Crippen LogP contribution in [0, 0.1) is 0 Å². The Morgan fingerprint density at radius 1 is 1.00 bits per heavy atom. The van der Waals surface area contributed by atoms with Crippen LogP contribution in [0.3, 0.4) is 0 Å². The molecule has 0 unspecified atom stereocenters. The fourth-order valence-electron chi connectivity index (χ4n) is 2.77. The van der Waals surface area contributed by atoms with Crippen LogP contribution in [0.15, 0.2) is 83.6 Å². The molecule has 2 aromatic carbocycles. The van der Waals surface area contributed by atoms with Gasteiger partial charge in [-0.3, -0.25) is 4.79 Å². The van der Waals surface area contributed by atoms with Gasteiger partial charge >= 0.3 is 0 Å². The highest BCUT2D eigenvalue weighted by atomic mass is 16.3. The molecule has 1 amide bonds. The van der Waals surface area contributed by atoms with Gasteiger partial charge in [-0.05, 0) is 17.7 Å². The zero-order chi connectivity index (χ0) is 18.5. The Kier molecular flexibility index (Phi) is 4.78. The van der Waals surface area contributed by atoms with Crippen LogP contribution < -0.4 is 5.32 Å². The number of amides is 1. The number of hydrogen-bond donors (Lipinski definition) is 1. The minimum Gasteiger partial charge on any atom is -0.444 e. The van der Waals surface area contributed by atoms with E-state index in [1.807, 2.05) is 60.7 Å². The lowest BCUT2D eigenvalue weighted by molar-refractivity contribution is -0.115. The maximum Gasteiger partial charge on any atom is 0.231 e. The molecule has 0 bridgehead atoms. The largest absolute Gasteiger partial charge is 0.444 e. The smallest absolute Gasteiger partial charge is 0.231 e. The van der Waals surface area contributed by atoms with E-state index in [4.69, 9.17) is 4.42 Å². The third kappa shape index (κ3) is 4.12. The van der Waals surface area contributed by atoms with Crippen molar-refractivity contribution in [1.29, 1.82) is 0 Å². The molecule has 2 aromatic heterocycles. The number of nitrogens with one attached hydrogen (secondary N) is 1. The predicted molar refractivity (Wildman–Crippen MR) is 102 cm³/mol. The SMILES string of the molecule is O=C(Cc1coc(-c2ccccc2)n1)Nc1ccnn1Cc1ccccc1. The van der Waals surface area contributed by atoms with Crippen LogP contribution in [0.2, 0.25) is 0 Å². The van der Waals surface area contributed by atoms with Crippen LogP contribution in [0.25, 0.3) is 11.5 Å². The van der Waals surface area contributed by atoms with Gasteiger partial charge in [-0.2, -0.15) is 5.10 Å². The van der Waals surface area contributed by atoms with Crippen LogP contribution in [-0.2, 0) is 17.8 Å². The van der Waals surface area contributed by atoms with Crippen LogP contribution >= 0.6 is 0 Å². The number of rotatable bonds is 6. The zero-order valence-electron chi connectivity index (χ0n) is 14.6. The minimum atomic E-state index is -0.169. The van der Waals surface area contributed by atoms with E-state index in [-0.39, 0.29) is 12.3 Å². The average molecular weight is 358 g/mol. The maximum atomic E-state index is 12.4. The molecule has 0 aliphatic rings. The first-order valence-corrected chi connectivity index (χ1v) is 8.63. The van der Waals surface area contributed by atoms with Gasteiger partial charge in [-0.25, -0.2) is 9.67 Å². The molecule has 2 heterocycles. The van der Waals surface area contributed by atoms with Crippen molar-refractivity contribution in [3.8, 4) is 11.5 Å². The second kappa shape index (κ2) is 7.70. The van der Waals surface area contributed by atoms with Gasteiger partial charge < -0.3 is 9.73 Å². The van der Waals surface area contributed by atoms with Crippen molar-refractivity contribution in [3.63, 3.8) is 0 Å². The summed E-state index contributed by atoms with van der Waals surface area (Å²) in [5, 5.41) is 7.17. The van der Waals surface area contributed by atoms with Crippen LogP contribution in [-0.4, -0.2) is 20.7 Å². The summed E-state index contributed by atoms with van der Waals surface area (Å²) >= 11 is 0. The number of nitrogens with zero attached hydrogens (tertiary/aromatic N) is 3. The normalized spacial score (nSPS) is 10.7. The molecule has 1 N–H and O–H groups in total. The third-order valence-electron chi connectivity index (χ3n) is 4.07. The van der Waals surface area contributed by atoms with Crippen molar-refractivity contribution in [2.75, 3.05) is 5.32 Å². The fraction of sp³-hybridized carbons (Fsp3) is 0.0952. The van der Waals surface area contributed by atoms with Gasteiger partial charge in [0.25, 0.3) is 0 Å². The van der Waals surface area contributed by atoms with Crippen molar-refractivity contribution >= 4 is 11.7 Å². The summed E-state index contributed by atoms with van der Waals surface area (Å²) in [6, 6.07) is 21.3. The molecule has 0 aliphatic carbocycles. The molecule has 6 heteroatoms. The van der Waals surface area contributed by atoms with Gasteiger partial charge in [-0.15, -0.1) is 0 Å². The van der Waals surface area contributed by atoms with Gasteiger partial charge in [0, 0.05) is 11.6 Å². The van der Waals surface area contributed by atoms with E-state index in [1.54, 1.807) is 16.9 Å². The van der Waals surface area contributed by atoms with E-state index in [0.717, 1.165) is 11.1 Å². The summed E-state index contributed by atoms with van der Waals surface area (Å²) in [4.78, 5) is 16.8. The van der Waals surface area contributed by atoms with Gasteiger partial charge in [0.15, 0.2) is 0 Å². The van der Waals surface area contributed by atoms with E-state index in [1.165, 1.54) is 6.26 Å².